The summed E-state index contributed by atoms with van der Waals surface area (Å²) < 4.78 is 5.98. The molecule has 29 heavy (non-hydrogen) atoms. The summed E-state index contributed by atoms with van der Waals surface area (Å²) in [6.07, 6.45) is 4.12. The van der Waals surface area contributed by atoms with Crippen molar-refractivity contribution >= 4 is 23.2 Å². The molecule has 0 bridgehead atoms. The number of amides is 2. The second-order valence-electron chi connectivity index (χ2n) is 7.78. The van der Waals surface area contributed by atoms with Gasteiger partial charge < -0.3 is 15.4 Å². The van der Waals surface area contributed by atoms with Gasteiger partial charge in [0.15, 0.2) is 0 Å². The van der Waals surface area contributed by atoms with Crippen LogP contribution in [0.4, 0.5) is 11.4 Å². The van der Waals surface area contributed by atoms with Crippen LogP contribution in [0.3, 0.4) is 0 Å². The van der Waals surface area contributed by atoms with E-state index in [0.29, 0.717) is 36.1 Å². The van der Waals surface area contributed by atoms with Crippen LogP contribution in [0, 0.1) is 0 Å². The molecular formula is C23H27N3O3. The third-order valence-corrected chi connectivity index (χ3v) is 5.70. The molecule has 2 amide bonds. The number of likely N-dealkylation sites (tertiary alicyclic amines) is 1. The van der Waals surface area contributed by atoms with Crippen LogP contribution in [-0.4, -0.2) is 42.5 Å². The van der Waals surface area contributed by atoms with Crippen molar-refractivity contribution in [2.75, 3.05) is 30.3 Å². The molecule has 0 saturated carbocycles. The first-order valence-electron chi connectivity index (χ1n) is 10.3. The Kier molecular flexibility index (Phi) is 5.81. The van der Waals surface area contributed by atoms with E-state index in [4.69, 9.17) is 4.74 Å². The Hall–Kier alpha value is -2.86. The zero-order chi connectivity index (χ0) is 20.2. The van der Waals surface area contributed by atoms with E-state index in [1.807, 2.05) is 30.3 Å². The van der Waals surface area contributed by atoms with Gasteiger partial charge in [0, 0.05) is 24.0 Å². The van der Waals surface area contributed by atoms with Gasteiger partial charge in [-0.1, -0.05) is 18.6 Å². The van der Waals surface area contributed by atoms with Crippen molar-refractivity contribution in [1.29, 1.82) is 0 Å². The summed E-state index contributed by atoms with van der Waals surface area (Å²) in [5.74, 6) is 0.349. The van der Waals surface area contributed by atoms with E-state index in [1.54, 1.807) is 12.1 Å². The predicted octanol–water partition coefficient (Wildman–Crippen LogP) is 3.69. The quantitative estimate of drug-likeness (QED) is 0.785. The fourth-order valence-corrected chi connectivity index (χ4v) is 4.05. The van der Waals surface area contributed by atoms with Crippen LogP contribution in [0.15, 0.2) is 42.5 Å². The molecule has 1 atom stereocenters. The molecule has 6 nitrogen and oxygen atoms in total. The molecule has 2 aromatic rings. The number of para-hydroxylation sites is 1. The van der Waals surface area contributed by atoms with E-state index in [2.05, 4.69) is 22.5 Å². The number of carbonyl (C=O) groups excluding carboxylic acids is 2. The number of nitrogens with zero attached hydrogens (tertiary/aromatic N) is 1. The maximum Gasteiger partial charge on any atom is 0.259 e. The van der Waals surface area contributed by atoms with Crippen LogP contribution in [0.1, 0.15) is 42.1 Å². The van der Waals surface area contributed by atoms with Crippen LogP contribution < -0.4 is 15.4 Å². The molecule has 0 radical (unpaired) electrons. The summed E-state index contributed by atoms with van der Waals surface area (Å²) in [4.78, 5) is 26.8. The number of hydrogen-bond acceptors (Lipinski definition) is 4. The van der Waals surface area contributed by atoms with E-state index in [0.717, 1.165) is 24.3 Å². The molecule has 2 aliphatic heterocycles. The van der Waals surface area contributed by atoms with Gasteiger partial charge in [-0.2, -0.15) is 0 Å². The van der Waals surface area contributed by atoms with Gasteiger partial charge in [0.2, 0.25) is 5.91 Å². The molecular weight excluding hydrogens is 366 g/mol. The molecule has 1 fully saturated rings. The third kappa shape index (κ3) is 4.59. The number of fused-ring (bicyclic) bond motifs is 1. The molecule has 0 aliphatic carbocycles. The minimum absolute atomic E-state index is 0.0229. The summed E-state index contributed by atoms with van der Waals surface area (Å²) >= 11 is 0. The zero-order valence-corrected chi connectivity index (χ0v) is 16.7. The van der Waals surface area contributed by atoms with Gasteiger partial charge in [-0.15, -0.1) is 0 Å². The van der Waals surface area contributed by atoms with Gasteiger partial charge in [-0.05, 0) is 62.2 Å². The summed E-state index contributed by atoms with van der Waals surface area (Å²) in [7, 11) is 0. The Morgan fingerprint density at radius 3 is 2.97 bits per heavy atom. The Balaban J connectivity index is 1.39. The van der Waals surface area contributed by atoms with Crippen molar-refractivity contribution in [3.8, 4) is 5.75 Å². The van der Waals surface area contributed by atoms with E-state index in [1.165, 1.54) is 19.3 Å². The lowest BCUT2D eigenvalue weighted by Gasteiger charge is -2.33. The van der Waals surface area contributed by atoms with Crippen molar-refractivity contribution in [2.45, 2.75) is 38.6 Å². The predicted molar refractivity (Wildman–Crippen MR) is 114 cm³/mol. The number of ether oxygens (including phenoxy) is 1. The average molecular weight is 393 g/mol. The van der Waals surface area contributed by atoms with Gasteiger partial charge in [0.05, 0.1) is 12.0 Å². The molecule has 2 heterocycles. The highest BCUT2D eigenvalue weighted by atomic mass is 16.5. The van der Waals surface area contributed by atoms with Crippen LogP contribution in [0.25, 0.3) is 0 Å². The summed E-state index contributed by atoms with van der Waals surface area (Å²) in [6, 6.07) is 13.4. The number of anilines is 2. The number of rotatable bonds is 6. The summed E-state index contributed by atoms with van der Waals surface area (Å²) in [5, 5.41) is 5.72. The highest BCUT2D eigenvalue weighted by molar-refractivity contribution is 6.07. The number of nitrogens with one attached hydrogen (secondary N) is 2. The van der Waals surface area contributed by atoms with Gasteiger partial charge in [0.1, 0.15) is 12.4 Å². The second kappa shape index (κ2) is 8.66. The Labute approximate surface area is 171 Å². The molecule has 2 aliphatic rings. The van der Waals surface area contributed by atoms with Crippen LogP contribution in [-0.2, 0) is 11.2 Å². The summed E-state index contributed by atoms with van der Waals surface area (Å²) in [6.45, 7) is 4.80. The maximum atomic E-state index is 12.8. The van der Waals surface area contributed by atoms with Gasteiger partial charge >= 0.3 is 0 Å². The smallest absolute Gasteiger partial charge is 0.259 e. The number of benzene rings is 2. The van der Waals surface area contributed by atoms with E-state index in [-0.39, 0.29) is 11.8 Å². The van der Waals surface area contributed by atoms with E-state index < -0.39 is 0 Å². The lowest BCUT2D eigenvalue weighted by Crippen LogP contribution is -2.40. The van der Waals surface area contributed by atoms with E-state index in [9.17, 15) is 9.59 Å². The normalized spacial score (nSPS) is 18.8. The minimum atomic E-state index is -0.218. The van der Waals surface area contributed by atoms with Crippen molar-refractivity contribution in [3.05, 3.63) is 53.6 Å². The number of piperidine rings is 1. The third-order valence-electron chi connectivity index (χ3n) is 5.70. The Morgan fingerprint density at radius 1 is 1.24 bits per heavy atom. The Morgan fingerprint density at radius 2 is 2.10 bits per heavy atom. The largest absolute Gasteiger partial charge is 0.491 e. The molecule has 0 spiro atoms. The molecule has 1 unspecified atom stereocenters. The van der Waals surface area contributed by atoms with Gasteiger partial charge in [0.25, 0.3) is 5.91 Å². The van der Waals surface area contributed by atoms with Crippen molar-refractivity contribution in [3.63, 3.8) is 0 Å². The SMILES string of the molecule is CC1CCCCN1CCOc1ccccc1C(=O)Nc1ccc2c(c1)CC(=O)N2. The van der Waals surface area contributed by atoms with Crippen molar-refractivity contribution < 1.29 is 14.3 Å². The molecule has 6 heteroatoms. The highest BCUT2D eigenvalue weighted by Gasteiger charge is 2.20. The molecule has 4 rings (SSSR count). The lowest BCUT2D eigenvalue weighted by atomic mass is 10.0. The van der Waals surface area contributed by atoms with Crippen LogP contribution >= 0.6 is 0 Å². The second-order valence-corrected chi connectivity index (χ2v) is 7.78. The summed E-state index contributed by atoms with van der Waals surface area (Å²) in [5.41, 5.74) is 2.88. The average Bonchev–Trinajstić information content (AvgIpc) is 3.09. The van der Waals surface area contributed by atoms with Crippen molar-refractivity contribution in [1.82, 2.24) is 4.90 Å². The van der Waals surface area contributed by atoms with Crippen LogP contribution in [0.5, 0.6) is 5.75 Å². The standard InChI is InChI=1S/C23H27N3O3/c1-16-6-4-5-11-26(16)12-13-29-21-8-3-2-7-19(21)23(28)24-18-9-10-20-17(14-18)15-22(27)25-20/h2-3,7-10,14,16H,4-6,11-13,15H2,1H3,(H,24,28)(H,25,27). The van der Waals surface area contributed by atoms with Gasteiger partial charge in [-0.3, -0.25) is 14.5 Å². The van der Waals surface area contributed by atoms with E-state index >= 15 is 0 Å². The Bertz CT molecular complexity index is 912. The number of carbonyl (C=O) groups is 2. The highest BCUT2D eigenvalue weighted by Crippen LogP contribution is 2.27. The molecule has 152 valence electrons. The topological polar surface area (TPSA) is 70.7 Å². The monoisotopic (exact) mass is 393 g/mol. The first-order valence-corrected chi connectivity index (χ1v) is 10.3. The van der Waals surface area contributed by atoms with Crippen LogP contribution in [0.2, 0.25) is 0 Å². The molecule has 2 N–H and O–H groups in total. The first-order chi connectivity index (χ1) is 14.1. The minimum Gasteiger partial charge on any atom is -0.491 e. The fraction of sp³-hybridized carbons (Fsp3) is 0.391. The van der Waals surface area contributed by atoms with Crippen molar-refractivity contribution in [2.24, 2.45) is 0 Å². The number of hydrogen-bond donors (Lipinski definition) is 2. The fourth-order valence-electron chi connectivity index (χ4n) is 4.05. The molecule has 0 aromatic heterocycles. The maximum absolute atomic E-state index is 12.8. The van der Waals surface area contributed by atoms with Gasteiger partial charge in [-0.25, -0.2) is 0 Å². The molecule has 1 saturated heterocycles. The first kappa shape index (κ1) is 19.5. The zero-order valence-electron chi connectivity index (χ0n) is 16.7. The molecule has 2 aromatic carbocycles. The lowest BCUT2D eigenvalue weighted by molar-refractivity contribution is -0.115.